The maximum absolute atomic E-state index is 12.2. The number of nitrogens with zero attached hydrogens (tertiary/aromatic N) is 2. The Kier molecular flexibility index (Phi) is 2.98. The number of anilines is 1. The second kappa shape index (κ2) is 3.83. The molecule has 1 aromatic rings. The van der Waals surface area contributed by atoms with E-state index in [0.717, 1.165) is 0 Å². The van der Waals surface area contributed by atoms with Crippen molar-refractivity contribution in [1.29, 1.82) is 5.26 Å². The third-order valence-corrected chi connectivity index (χ3v) is 2.25. The number of nitrogen functional groups attached to an aromatic ring is 1. The van der Waals surface area contributed by atoms with Gasteiger partial charge < -0.3 is 5.73 Å². The molecule has 0 amide bonds. The van der Waals surface area contributed by atoms with E-state index in [0.29, 0.717) is 3.57 Å². The van der Waals surface area contributed by atoms with Crippen LogP contribution in [0.25, 0.3) is 0 Å². The predicted molar refractivity (Wildman–Crippen MR) is 51.0 cm³/mol. The molecule has 0 saturated carbocycles. The number of alkyl halides is 2. The number of hydrogen-bond acceptors (Lipinski definition) is 3. The van der Waals surface area contributed by atoms with Gasteiger partial charge in [-0.05, 0) is 28.7 Å². The summed E-state index contributed by atoms with van der Waals surface area (Å²) in [5, 5.41) is 8.51. The maximum Gasteiger partial charge on any atom is 0.280 e. The molecule has 13 heavy (non-hydrogen) atoms. The third-order valence-electron chi connectivity index (χ3n) is 1.36. The molecule has 0 radical (unpaired) electrons. The minimum absolute atomic E-state index is 0.146. The van der Waals surface area contributed by atoms with Crippen LogP contribution >= 0.6 is 22.6 Å². The van der Waals surface area contributed by atoms with Gasteiger partial charge in [-0.2, -0.15) is 5.26 Å². The van der Waals surface area contributed by atoms with Crippen LogP contribution in [-0.4, -0.2) is 4.98 Å². The summed E-state index contributed by atoms with van der Waals surface area (Å²) < 4.78 is 24.8. The Hall–Kier alpha value is -0.970. The highest BCUT2D eigenvalue weighted by atomic mass is 127. The highest BCUT2D eigenvalue weighted by Crippen LogP contribution is 2.24. The number of nitrogens with two attached hydrogens (primary N) is 1. The van der Waals surface area contributed by atoms with E-state index in [2.05, 4.69) is 4.98 Å². The molecule has 0 aliphatic rings. The quantitative estimate of drug-likeness (QED) is 0.807. The number of halogens is 3. The Morgan fingerprint density at radius 2 is 2.23 bits per heavy atom. The van der Waals surface area contributed by atoms with E-state index < -0.39 is 12.1 Å². The number of rotatable bonds is 1. The molecule has 1 heterocycles. The van der Waals surface area contributed by atoms with Gasteiger partial charge in [0.15, 0.2) is 5.69 Å². The second-order valence-corrected chi connectivity index (χ2v) is 3.37. The van der Waals surface area contributed by atoms with Gasteiger partial charge in [0.2, 0.25) is 0 Å². The van der Waals surface area contributed by atoms with E-state index in [9.17, 15) is 8.78 Å². The first-order valence-corrected chi connectivity index (χ1v) is 4.28. The van der Waals surface area contributed by atoms with Crippen LogP contribution in [0.1, 0.15) is 17.8 Å². The van der Waals surface area contributed by atoms with E-state index in [-0.39, 0.29) is 11.4 Å². The van der Waals surface area contributed by atoms with Crippen LogP contribution < -0.4 is 5.73 Å². The van der Waals surface area contributed by atoms with Gasteiger partial charge in [-0.15, -0.1) is 0 Å². The average molecular weight is 295 g/mol. The zero-order valence-corrected chi connectivity index (χ0v) is 8.42. The van der Waals surface area contributed by atoms with E-state index in [1.807, 2.05) is 0 Å². The summed E-state index contributed by atoms with van der Waals surface area (Å²) >= 11 is 1.78. The topological polar surface area (TPSA) is 62.7 Å². The molecule has 0 spiro atoms. The Morgan fingerprint density at radius 3 is 2.69 bits per heavy atom. The van der Waals surface area contributed by atoms with Gasteiger partial charge in [-0.25, -0.2) is 13.8 Å². The summed E-state index contributed by atoms with van der Waals surface area (Å²) in [4.78, 5) is 3.41. The minimum Gasteiger partial charge on any atom is -0.396 e. The van der Waals surface area contributed by atoms with Gasteiger partial charge in [0.25, 0.3) is 6.43 Å². The molecule has 0 aliphatic heterocycles. The van der Waals surface area contributed by atoms with Crippen molar-refractivity contribution in [3.63, 3.8) is 0 Å². The fourth-order valence-corrected chi connectivity index (χ4v) is 1.31. The lowest BCUT2D eigenvalue weighted by Crippen LogP contribution is -2.01. The van der Waals surface area contributed by atoms with E-state index in [1.165, 1.54) is 6.07 Å². The molecule has 0 aliphatic carbocycles. The zero-order chi connectivity index (χ0) is 10.0. The zero-order valence-electron chi connectivity index (χ0n) is 6.26. The van der Waals surface area contributed by atoms with Gasteiger partial charge in [0.1, 0.15) is 11.8 Å². The number of hydrogen-bond donors (Lipinski definition) is 1. The van der Waals surface area contributed by atoms with Crippen molar-refractivity contribution in [3.8, 4) is 6.07 Å². The monoisotopic (exact) mass is 295 g/mol. The van der Waals surface area contributed by atoms with E-state index in [1.54, 1.807) is 28.7 Å². The lowest BCUT2D eigenvalue weighted by Gasteiger charge is -2.03. The van der Waals surface area contributed by atoms with Gasteiger partial charge in [0, 0.05) is 3.57 Å². The van der Waals surface area contributed by atoms with Crippen molar-refractivity contribution < 1.29 is 8.78 Å². The second-order valence-electron chi connectivity index (χ2n) is 2.20. The van der Waals surface area contributed by atoms with Crippen molar-refractivity contribution in [1.82, 2.24) is 4.98 Å². The first-order valence-electron chi connectivity index (χ1n) is 3.20. The minimum atomic E-state index is -2.68. The predicted octanol–water partition coefficient (Wildman–Crippen LogP) is 2.08. The fraction of sp³-hybridized carbons (Fsp3) is 0.143. The standard InChI is InChI=1S/C7H4F2IN3/c8-7(9)4-1-3(10)6(12)5(2-11)13-4/h1,7H,12H2. The average Bonchev–Trinajstić information content (AvgIpc) is 2.09. The molecule has 0 fully saturated rings. The first kappa shape index (κ1) is 10.1. The number of aromatic nitrogens is 1. The molecule has 0 unspecified atom stereocenters. The van der Waals surface area contributed by atoms with Crippen molar-refractivity contribution >= 4 is 28.3 Å². The van der Waals surface area contributed by atoms with Crippen molar-refractivity contribution in [2.75, 3.05) is 5.73 Å². The number of pyridine rings is 1. The molecule has 68 valence electrons. The summed E-state index contributed by atoms with van der Waals surface area (Å²) in [6.07, 6.45) is -2.68. The van der Waals surface area contributed by atoms with Crippen LogP contribution in [0.15, 0.2) is 6.07 Å². The fourth-order valence-electron chi connectivity index (χ4n) is 0.739. The molecule has 3 nitrogen and oxygen atoms in total. The van der Waals surface area contributed by atoms with E-state index >= 15 is 0 Å². The number of nitriles is 1. The molecular weight excluding hydrogens is 291 g/mol. The smallest absolute Gasteiger partial charge is 0.280 e. The first-order chi connectivity index (χ1) is 6.06. The van der Waals surface area contributed by atoms with Gasteiger partial charge in [-0.3, -0.25) is 0 Å². The maximum atomic E-state index is 12.2. The summed E-state index contributed by atoms with van der Waals surface area (Å²) in [6.45, 7) is 0. The van der Waals surface area contributed by atoms with Gasteiger partial charge in [-0.1, -0.05) is 0 Å². The summed E-state index contributed by atoms with van der Waals surface area (Å²) in [5.41, 5.74) is 5.00. The van der Waals surface area contributed by atoms with Crippen molar-refractivity contribution in [2.45, 2.75) is 6.43 Å². The van der Waals surface area contributed by atoms with Gasteiger partial charge in [0.05, 0.1) is 5.69 Å². The van der Waals surface area contributed by atoms with Crippen LogP contribution in [0.5, 0.6) is 0 Å². The van der Waals surface area contributed by atoms with Crippen LogP contribution in [0.4, 0.5) is 14.5 Å². The normalized spacial score (nSPS) is 10.1. The lowest BCUT2D eigenvalue weighted by atomic mass is 10.3. The molecule has 0 atom stereocenters. The van der Waals surface area contributed by atoms with Crippen LogP contribution in [0, 0.1) is 14.9 Å². The van der Waals surface area contributed by atoms with E-state index in [4.69, 9.17) is 11.0 Å². The summed E-state index contributed by atoms with van der Waals surface area (Å²) in [7, 11) is 0. The van der Waals surface area contributed by atoms with Crippen LogP contribution in [0.3, 0.4) is 0 Å². The largest absolute Gasteiger partial charge is 0.396 e. The molecule has 6 heteroatoms. The van der Waals surface area contributed by atoms with Crippen molar-refractivity contribution in [3.05, 3.63) is 21.0 Å². The lowest BCUT2D eigenvalue weighted by molar-refractivity contribution is 0.146. The Bertz CT molecular complexity index is 373. The molecule has 1 rings (SSSR count). The molecular formula is C7H4F2IN3. The summed E-state index contributed by atoms with van der Waals surface area (Å²) in [5.74, 6) is 0. The van der Waals surface area contributed by atoms with Crippen LogP contribution in [0.2, 0.25) is 0 Å². The van der Waals surface area contributed by atoms with Crippen molar-refractivity contribution in [2.24, 2.45) is 0 Å². The molecule has 2 N–H and O–H groups in total. The Morgan fingerprint density at radius 1 is 1.62 bits per heavy atom. The Balaban J connectivity index is 3.32. The summed E-state index contributed by atoms with van der Waals surface area (Å²) in [6, 6.07) is 2.83. The highest BCUT2D eigenvalue weighted by Gasteiger charge is 2.14. The molecule has 0 bridgehead atoms. The third kappa shape index (κ3) is 2.03. The molecule has 0 saturated heterocycles. The SMILES string of the molecule is N#Cc1nc(C(F)F)cc(I)c1N. The molecule has 1 aromatic heterocycles. The Labute approximate surface area is 86.7 Å². The van der Waals surface area contributed by atoms with Gasteiger partial charge >= 0.3 is 0 Å². The molecule has 0 aromatic carbocycles. The van der Waals surface area contributed by atoms with Crippen LogP contribution in [-0.2, 0) is 0 Å². The highest BCUT2D eigenvalue weighted by molar-refractivity contribution is 14.1.